The highest BCUT2D eigenvalue weighted by molar-refractivity contribution is 6.30. The summed E-state index contributed by atoms with van der Waals surface area (Å²) < 4.78 is 10.3. The van der Waals surface area contributed by atoms with Gasteiger partial charge >= 0.3 is 0 Å². The maximum absolute atomic E-state index is 12.3. The Hall–Kier alpha value is -1.98. The van der Waals surface area contributed by atoms with Crippen molar-refractivity contribution in [2.75, 3.05) is 7.11 Å². The van der Waals surface area contributed by atoms with Crippen molar-refractivity contribution in [2.45, 2.75) is 25.5 Å². The van der Waals surface area contributed by atoms with Gasteiger partial charge in [-0.05, 0) is 37.3 Å². The van der Waals surface area contributed by atoms with Crippen LogP contribution >= 0.6 is 11.6 Å². The molecule has 2 N–H and O–H groups in total. The zero-order chi connectivity index (χ0) is 16.1. The Labute approximate surface area is 133 Å². The van der Waals surface area contributed by atoms with Crippen molar-refractivity contribution in [3.8, 4) is 5.75 Å². The molecule has 2 rings (SSSR count). The van der Waals surface area contributed by atoms with Gasteiger partial charge in [0.05, 0.1) is 18.9 Å². The highest BCUT2D eigenvalue weighted by Gasteiger charge is 2.19. The van der Waals surface area contributed by atoms with Gasteiger partial charge in [-0.15, -0.1) is 0 Å². The largest absolute Gasteiger partial charge is 0.496 e. The fourth-order valence-electron chi connectivity index (χ4n) is 2.15. The lowest BCUT2D eigenvalue weighted by Gasteiger charge is -2.17. The molecule has 5 nitrogen and oxygen atoms in total. The van der Waals surface area contributed by atoms with Gasteiger partial charge in [0.2, 0.25) is 0 Å². The van der Waals surface area contributed by atoms with Crippen LogP contribution in [0.4, 0.5) is 0 Å². The third-order valence-electron chi connectivity index (χ3n) is 3.23. The zero-order valence-electron chi connectivity index (χ0n) is 12.4. The third-order valence-corrected chi connectivity index (χ3v) is 3.47. The van der Waals surface area contributed by atoms with Crippen LogP contribution in [-0.2, 0) is 0 Å². The summed E-state index contributed by atoms with van der Waals surface area (Å²) in [6, 6.07) is 7.97. The number of carbonyl (C=O) groups is 1. The first kappa shape index (κ1) is 16.4. The summed E-state index contributed by atoms with van der Waals surface area (Å²) in [5.74, 6) is 0.599. The number of nitrogens with one attached hydrogen (secondary N) is 1. The molecule has 2 atom stereocenters. The molecular formula is C16H18ClNO4. The summed E-state index contributed by atoms with van der Waals surface area (Å²) in [5, 5.41) is 13.3. The number of hydrogen-bond acceptors (Lipinski definition) is 4. The van der Waals surface area contributed by atoms with Crippen molar-refractivity contribution < 1.29 is 19.1 Å². The second kappa shape index (κ2) is 7.33. The molecule has 2 aromatic rings. The molecule has 0 radical (unpaired) electrons. The number of benzene rings is 1. The zero-order valence-corrected chi connectivity index (χ0v) is 13.1. The van der Waals surface area contributed by atoms with Gasteiger partial charge in [0.25, 0.3) is 5.91 Å². The first-order valence-corrected chi connectivity index (χ1v) is 7.25. The van der Waals surface area contributed by atoms with Crippen LogP contribution in [0, 0.1) is 0 Å². The smallest absolute Gasteiger partial charge is 0.255 e. The molecule has 118 valence electrons. The number of rotatable bonds is 6. The number of aliphatic hydroxyl groups is 1. The monoisotopic (exact) mass is 323 g/mol. The highest BCUT2D eigenvalue weighted by atomic mass is 35.5. The van der Waals surface area contributed by atoms with E-state index < -0.39 is 6.10 Å². The molecule has 0 bridgehead atoms. The van der Waals surface area contributed by atoms with E-state index in [1.807, 2.05) is 6.92 Å². The van der Waals surface area contributed by atoms with Gasteiger partial charge in [-0.1, -0.05) is 11.6 Å². The Bertz CT molecular complexity index is 627. The summed E-state index contributed by atoms with van der Waals surface area (Å²) >= 11 is 5.88. The Kier molecular flexibility index (Phi) is 5.46. The molecule has 0 aliphatic rings. The number of hydrogen-bond donors (Lipinski definition) is 2. The molecule has 2 unspecified atom stereocenters. The van der Waals surface area contributed by atoms with Gasteiger partial charge in [-0.25, -0.2) is 0 Å². The van der Waals surface area contributed by atoms with Crippen molar-refractivity contribution >= 4 is 17.5 Å². The number of methoxy groups -OCH3 is 1. The van der Waals surface area contributed by atoms with Gasteiger partial charge in [-0.3, -0.25) is 4.79 Å². The fourth-order valence-corrected chi connectivity index (χ4v) is 2.31. The predicted molar refractivity (Wildman–Crippen MR) is 83.2 cm³/mol. The van der Waals surface area contributed by atoms with Crippen molar-refractivity contribution in [1.29, 1.82) is 0 Å². The van der Waals surface area contributed by atoms with Gasteiger partial charge in [0.1, 0.15) is 17.6 Å². The molecule has 22 heavy (non-hydrogen) atoms. The van der Waals surface area contributed by atoms with E-state index in [4.69, 9.17) is 20.8 Å². The molecule has 6 heteroatoms. The predicted octanol–water partition coefficient (Wildman–Crippen LogP) is 3.18. The van der Waals surface area contributed by atoms with E-state index in [2.05, 4.69) is 5.32 Å². The Morgan fingerprint density at radius 1 is 1.45 bits per heavy atom. The van der Waals surface area contributed by atoms with E-state index in [-0.39, 0.29) is 11.9 Å². The average Bonchev–Trinajstić information content (AvgIpc) is 3.00. The van der Waals surface area contributed by atoms with Crippen LogP contribution in [0.15, 0.2) is 41.0 Å². The fraction of sp³-hybridized carbons (Fsp3) is 0.312. The minimum atomic E-state index is -0.766. The van der Waals surface area contributed by atoms with Crippen molar-refractivity contribution in [2.24, 2.45) is 0 Å². The number of halogens is 1. The summed E-state index contributed by atoms with van der Waals surface area (Å²) in [5.41, 5.74) is 0.395. The molecular weight excluding hydrogens is 306 g/mol. The standard InChI is InChI=1S/C16H18ClNO4/c1-10(8-13(19)14-4-3-7-22-14)18-16(20)12-6-5-11(17)9-15(12)21-2/h3-7,9-10,13,19H,8H2,1-2H3,(H,18,20). The van der Waals surface area contributed by atoms with Crippen LogP contribution in [0.3, 0.4) is 0 Å². The van der Waals surface area contributed by atoms with Crippen molar-refractivity contribution in [3.05, 3.63) is 52.9 Å². The molecule has 1 aromatic carbocycles. The number of carbonyl (C=O) groups excluding carboxylic acids is 1. The molecule has 1 aromatic heterocycles. The van der Waals surface area contributed by atoms with Gasteiger partial charge in [0, 0.05) is 17.5 Å². The normalized spacial score (nSPS) is 13.5. The molecule has 0 aliphatic heterocycles. The van der Waals surface area contributed by atoms with Crippen LogP contribution in [-0.4, -0.2) is 24.2 Å². The van der Waals surface area contributed by atoms with E-state index in [1.165, 1.54) is 13.4 Å². The molecule has 0 aliphatic carbocycles. The van der Waals surface area contributed by atoms with Crippen LogP contribution in [0.25, 0.3) is 0 Å². The number of amides is 1. The quantitative estimate of drug-likeness (QED) is 0.856. The second-order valence-electron chi connectivity index (χ2n) is 4.99. The maximum Gasteiger partial charge on any atom is 0.255 e. The minimum Gasteiger partial charge on any atom is -0.496 e. The molecule has 0 saturated heterocycles. The first-order chi connectivity index (χ1) is 10.5. The van der Waals surface area contributed by atoms with Crippen LogP contribution in [0.2, 0.25) is 5.02 Å². The highest BCUT2D eigenvalue weighted by Crippen LogP contribution is 2.24. The Morgan fingerprint density at radius 2 is 2.23 bits per heavy atom. The minimum absolute atomic E-state index is 0.243. The van der Waals surface area contributed by atoms with E-state index in [9.17, 15) is 9.90 Å². The SMILES string of the molecule is COc1cc(Cl)ccc1C(=O)NC(C)CC(O)c1ccco1. The lowest BCUT2D eigenvalue weighted by Crippen LogP contribution is -2.34. The molecule has 1 amide bonds. The summed E-state index contributed by atoms with van der Waals surface area (Å²) in [7, 11) is 1.48. The van der Waals surface area contributed by atoms with Crippen molar-refractivity contribution in [3.63, 3.8) is 0 Å². The summed E-state index contributed by atoms with van der Waals surface area (Å²) in [6.07, 6.45) is 1.08. The van der Waals surface area contributed by atoms with Crippen molar-refractivity contribution in [1.82, 2.24) is 5.32 Å². The van der Waals surface area contributed by atoms with Crippen LogP contribution in [0.1, 0.15) is 35.6 Å². The number of furan rings is 1. The van der Waals surface area contributed by atoms with E-state index >= 15 is 0 Å². The lowest BCUT2D eigenvalue weighted by molar-refractivity contribution is 0.0900. The number of aliphatic hydroxyl groups excluding tert-OH is 1. The topological polar surface area (TPSA) is 71.7 Å². The second-order valence-corrected chi connectivity index (χ2v) is 5.42. The van der Waals surface area contributed by atoms with Gasteiger partial charge in [-0.2, -0.15) is 0 Å². The average molecular weight is 324 g/mol. The molecule has 0 fully saturated rings. The Balaban J connectivity index is 1.99. The summed E-state index contributed by atoms with van der Waals surface area (Å²) in [6.45, 7) is 1.81. The molecule has 0 saturated carbocycles. The molecule has 1 heterocycles. The lowest BCUT2D eigenvalue weighted by atomic mass is 10.1. The van der Waals surface area contributed by atoms with E-state index in [0.717, 1.165) is 0 Å². The number of ether oxygens (including phenoxy) is 1. The van der Waals surface area contributed by atoms with E-state index in [0.29, 0.717) is 28.5 Å². The van der Waals surface area contributed by atoms with E-state index in [1.54, 1.807) is 30.3 Å². The van der Waals surface area contributed by atoms with Crippen LogP contribution in [0.5, 0.6) is 5.75 Å². The maximum atomic E-state index is 12.3. The van der Waals surface area contributed by atoms with Gasteiger partial charge in [0.15, 0.2) is 0 Å². The van der Waals surface area contributed by atoms with Crippen LogP contribution < -0.4 is 10.1 Å². The van der Waals surface area contributed by atoms with Gasteiger partial charge < -0.3 is 19.6 Å². The summed E-state index contributed by atoms with van der Waals surface area (Å²) in [4.78, 5) is 12.3. The Morgan fingerprint density at radius 3 is 2.86 bits per heavy atom. The molecule has 0 spiro atoms. The first-order valence-electron chi connectivity index (χ1n) is 6.87. The third kappa shape index (κ3) is 4.02.